The third-order valence-electron chi connectivity index (χ3n) is 11.2. The fourth-order valence-electron chi connectivity index (χ4n) is 7.97. The molecule has 2 aromatic rings. The number of nitrogens with zero attached hydrogens (tertiary/aromatic N) is 2. The highest BCUT2D eigenvalue weighted by molar-refractivity contribution is 5.69. The number of ether oxygens (including phenoxy) is 2. The lowest BCUT2D eigenvalue weighted by atomic mass is 9.73. The van der Waals surface area contributed by atoms with E-state index in [4.69, 9.17) is 9.47 Å². The zero-order valence-corrected chi connectivity index (χ0v) is 34.7. The van der Waals surface area contributed by atoms with Gasteiger partial charge in [-0.3, -0.25) is 0 Å². The highest BCUT2D eigenvalue weighted by Crippen LogP contribution is 2.46. The molecule has 2 amide bonds. The average Bonchev–Trinajstić information content (AvgIpc) is 3.07. The van der Waals surface area contributed by atoms with Gasteiger partial charge in [-0.2, -0.15) is 0 Å². The standard InChI is InChI=1S/C23H31NO4.C13H17NO4.C10H16O/c1-5-28-23(27)24-12-17(13-24)9-16-10-20(25)22(21(26)11-16)19-8-15(4)6-7-18(19)14(2)3;1-2-18-13(17)14-7-10(8-14)3-9-4-11(15)6-12(16)5-9;1-8(2)9-4-6-10(3,11)7-5-9/h8,10-11,17-19,25-26H,2,5-7,9,12-13H2,1,3-4H3;4-6,10,15-16H,2-3,7-8H2,1H3;4,6,9,11H,1,5,7H2,2-3H3/t18-,19+;;9-,10+/m0.0/s1. The van der Waals surface area contributed by atoms with Gasteiger partial charge in [-0.15, -0.1) is 0 Å². The summed E-state index contributed by atoms with van der Waals surface area (Å²) in [5, 5.41) is 49.7. The molecule has 2 saturated heterocycles. The van der Waals surface area contributed by atoms with E-state index in [1.54, 1.807) is 47.9 Å². The van der Waals surface area contributed by atoms with Crippen molar-refractivity contribution in [1.82, 2.24) is 9.80 Å². The number of phenols is 4. The molecule has 2 fully saturated rings. The first-order valence-corrected chi connectivity index (χ1v) is 20.2. The quantitative estimate of drug-likeness (QED) is 0.157. The van der Waals surface area contributed by atoms with Crippen LogP contribution in [0, 0.1) is 23.7 Å². The molecule has 4 aliphatic rings. The number of carbonyl (C=O) groups excluding carboxylic acids is 2. The normalized spacial score (nSPS) is 23.0. The van der Waals surface area contributed by atoms with Gasteiger partial charge >= 0.3 is 12.2 Å². The van der Waals surface area contributed by atoms with Crippen LogP contribution in [0.3, 0.4) is 0 Å². The van der Waals surface area contributed by atoms with Crippen LogP contribution < -0.4 is 0 Å². The second-order valence-electron chi connectivity index (χ2n) is 16.5. The fourth-order valence-corrected chi connectivity index (χ4v) is 7.97. The number of hydrogen-bond acceptors (Lipinski definition) is 9. The van der Waals surface area contributed by atoms with Crippen LogP contribution in [0.15, 0.2) is 78.4 Å². The Hall–Kier alpha value is -4.90. The van der Waals surface area contributed by atoms with E-state index in [9.17, 15) is 35.1 Å². The second kappa shape index (κ2) is 20.0. The third kappa shape index (κ3) is 12.8. The summed E-state index contributed by atoms with van der Waals surface area (Å²) in [6, 6.07) is 8.08. The number of carbonyl (C=O) groups is 2. The van der Waals surface area contributed by atoms with Crippen molar-refractivity contribution in [2.45, 2.75) is 91.6 Å². The largest absolute Gasteiger partial charge is 0.508 e. The summed E-state index contributed by atoms with van der Waals surface area (Å²) >= 11 is 0. The van der Waals surface area contributed by atoms with Crippen molar-refractivity contribution in [3.05, 3.63) is 95.1 Å². The van der Waals surface area contributed by atoms with Crippen LogP contribution in [-0.2, 0) is 22.3 Å². The summed E-state index contributed by atoms with van der Waals surface area (Å²) in [6.07, 6.45) is 10.9. The van der Waals surface area contributed by atoms with Crippen LogP contribution >= 0.6 is 0 Å². The molecule has 0 saturated carbocycles. The number of hydrogen-bond donors (Lipinski definition) is 5. The van der Waals surface area contributed by atoms with E-state index < -0.39 is 5.60 Å². The molecule has 2 aromatic carbocycles. The van der Waals surface area contributed by atoms with Gasteiger partial charge in [0.05, 0.1) is 18.8 Å². The Kier molecular flexibility index (Phi) is 15.7. The molecule has 2 heterocycles. The highest BCUT2D eigenvalue weighted by atomic mass is 16.6. The number of benzene rings is 2. The summed E-state index contributed by atoms with van der Waals surface area (Å²) in [5.74, 6) is 1.72. The number of amides is 2. The Labute approximate surface area is 338 Å². The molecule has 312 valence electrons. The fraction of sp³-hybridized carbons (Fsp3) is 0.522. The number of rotatable bonds is 9. The summed E-state index contributed by atoms with van der Waals surface area (Å²) < 4.78 is 9.89. The minimum Gasteiger partial charge on any atom is -0.508 e. The molecule has 11 heteroatoms. The van der Waals surface area contributed by atoms with Crippen molar-refractivity contribution in [1.29, 1.82) is 0 Å². The summed E-state index contributed by atoms with van der Waals surface area (Å²) in [5.41, 5.74) is 5.32. The van der Waals surface area contributed by atoms with Gasteiger partial charge in [0.1, 0.15) is 23.0 Å². The van der Waals surface area contributed by atoms with Gasteiger partial charge < -0.3 is 44.8 Å². The van der Waals surface area contributed by atoms with Crippen LogP contribution in [0.2, 0.25) is 0 Å². The molecular weight excluding hydrogens is 725 g/mol. The maximum absolute atomic E-state index is 11.7. The lowest BCUT2D eigenvalue weighted by molar-refractivity contribution is 0.0565. The molecule has 11 nitrogen and oxygen atoms in total. The average molecular weight is 789 g/mol. The van der Waals surface area contributed by atoms with Crippen LogP contribution in [0.1, 0.15) is 89.8 Å². The molecule has 4 atom stereocenters. The molecule has 57 heavy (non-hydrogen) atoms. The molecule has 0 aromatic heterocycles. The maximum atomic E-state index is 11.7. The molecule has 0 spiro atoms. The Balaban J connectivity index is 0.000000211. The van der Waals surface area contributed by atoms with Gasteiger partial charge in [-0.05, 0) is 139 Å². The highest BCUT2D eigenvalue weighted by Gasteiger charge is 2.34. The number of aliphatic hydroxyl groups is 1. The molecule has 0 radical (unpaired) electrons. The van der Waals surface area contributed by atoms with Gasteiger partial charge in [-0.1, -0.05) is 48.1 Å². The van der Waals surface area contributed by atoms with E-state index >= 15 is 0 Å². The number of aromatic hydroxyl groups is 4. The summed E-state index contributed by atoms with van der Waals surface area (Å²) in [4.78, 5) is 26.4. The molecule has 2 aliphatic heterocycles. The SMILES string of the molecule is C=C(C)[C@@H]1CCC(C)=C[C@H]1c1c(O)cc(CC2CN(C(=O)OCC)C2)cc1O.C=C(C)[C@H]1C=C[C@@](C)(O)CC1.CCOC(=O)N1CC(Cc2cc(O)cc(O)c2)C1. The van der Waals surface area contributed by atoms with Crippen LogP contribution in [0.5, 0.6) is 23.0 Å². The summed E-state index contributed by atoms with van der Waals surface area (Å²) in [7, 11) is 0. The molecule has 6 rings (SSSR count). The minimum atomic E-state index is -0.577. The third-order valence-corrected chi connectivity index (χ3v) is 11.2. The van der Waals surface area contributed by atoms with E-state index in [0.29, 0.717) is 69.1 Å². The van der Waals surface area contributed by atoms with Gasteiger partial charge in [0, 0.05) is 43.7 Å². The minimum absolute atomic E-state index is 0.0525. The van der Waals surface area contributed by atoms with E-state index in [2.05, 4.69) is 32.2 Å². The first kappa shape index (κ1) is 44.8. The predicted molar refractivity (Wildman–Crippen MR) is 222 cm³/mol. The lowest BCUT2D eigenvalue weighted by Gasteiger charge is -2.38. The first-order chi connectivity index (χ1) is 26.9. The van der Waals surface area contributed by atoms with Crippen molar-refractivity contribution in [2.75, 3.05) is 39.4 Å². The number of likely N-dealkylation sites (tertiary alicyclic amines) is 2. The van der Waals surface area contributed by atoms with Crippen molar-refractivity contribution >= 4 is 12.2 Å². The molecular formula is C46H64N2O9. The maximum Gasteiger partial charge on any atom is 0.409 e. The lowest BCUT2D eigenvalue weighted by Crippen LogP contribution is -2.50. The van der Waals surface area contributed by atoms with Crippen molar-refractivity contribution < 1.29 is 44.6 Å². The van der Waals surface area contributed by atoms with Crippen LogP contribution in [0.4, 0.5) is 9.59 Å². The van der Waals surface area contributed by atoms with Crippen LogP contribution in [-0.4, -0.2) is 92.5 Å². The molecule has 2 aliphatic carbocycles. The van der Waals surface area contributed by atoms with Gasteiger partial charge in [0.25, 0.3) is 0 Å². The van der Waals surface area contributed by atoms with E-state index in [-0.39, 0.29) is 47.0 Å². The Morgan fingerprint density at radius 2 is 1.28 bits per heavy atom. The van der Waals surface area contributed by atoms with Gasteiger partial charge in [0.15, 0.2) is 0 Å². The summed E-state index contributed by atoms with van der Waals surface area (Å²) in [6.45, 7) is 23.0. The Bertz CT molecular complexity index is 1760. The van der Waals surface area contributed by atoms with E-state index in [1.165, 1.54) is 17.2 Å². The molecule has 0 unspecified atom stereocenters. The monoisotopic (exact) mass is 788 g/mol. The van der Waals surface area contributed by atoms with Gasteiger partial charge in [-0.25, -0.2) is 9.59 Å². The van der Waals surface area contributed by atoms with E-state index in [1.807, 2.05) is 26.8 Å². The first-order valence-electron chi connectivity index (χ1n) is 20.2. The second-order valence-corrected chi connectivity index (χ2v) is 16.5. The topological polar surface area (TPSA) is 160 Å². The van der Waals surface area contributed by atoms with Crippen molar-refractivity contribution in [2.24, 2.45) is 23.7 Å². The Morgan fingerprint density at radius 1 is 0.789 bits per heavy atom. The van der Waals surface area contributed by atoms with E-state index in [0.717, 1.165) is 48.8 Å². The zero-order chi connectivity index (χ0) is 42.0. The molecule has 0 bridgehead atoms. The zero-order valence-electron chi connectivity index (χ0n) is 34.7. The van der Waals surface area contributed by atoms with Crippen molar-refractivity contribution in [3.63, 3.8) is 0 Å². The van der Waals surface area contributed by atoms with Crippen LogP contribution in [0.25, 0.3) is 0 Å². The smallest absolute Gasteiger partial charge is 0.409 e. The van der Waals surface area contributed by atoms with Gasteiger partial charge in [0.2, 0.25) is 0 Å². The Morgan fingerprint density at radius 3 is 1.70 bits per heavy atom. The number of allylic oxidation sites excluding steroid dienone is 5. The molecule has 5 N–H and O–H groups in total. The number of phenolic OH excluding ortho intramolecular Hbond substituents is 4. The van der Waals surface area contributed by atoms with Crippen molar-refractivity contribution in [3.8, 4) is 23.0 Å². The predicted octanol–water partition coefficient (Wildman–Crippen LogP) is 8.75.